The van der Waals surface area contributed by atoms with Crippen molar-refractivity contribution in [3.8, 4) is 0 Å². The maximum atomic E-state index is 12.5. The molecule has 0 saturated carbocycles. The molecule has 3 rings (SSSR count). The number of pyridine rings is 1. The summed E-state index contributed by atoms with van der Waals surface area (Å²) in [6, 6.07) is 5.61. The van der Waals surface area contributed by atoms with Gasteiger partial charge in [0.2, 0.25) is 0 Å². The predicted octanol–water partition coefficient (Wildman–Crippen LogP) is 1.47. The van der Waals surface area contributed by atoms with Crippen molar-refractivity contribution < 1.29 is 14.3 Å². The van der Waals surface area contributed by atoms with E-state index in [1.807, 2.05) is 50.1 Å². The van der Waals surface area contributed by atoms with Gasteiger partial charge in [0, 0.05) is 25.3 Å². The molecule has 1 unspecified atom stereocenters. The van der Waals surface area contributed by atoms with Gasteiger partial charge in [-0.25, -0.2) is 4.79 Å². The van der Waals surface area contributed by atoms with Gasteiger partial charge in [-0.2, -0.15) is 0 Å². The second-order valence-electron chi connectivity index (χ2n) is 6.63. The van der Waals surface area contributed by atoms with Gasteiger partial charge in [-0.3, -0.25) is 9.78 Å². The molecule has 7 nitrogen and oxygen atoms in total. The molecule has 0 radical (unpaired) electrons. The van der Waals surface area contributed by atoms with Crippen LogP contribution in [0.3, 0.4) is 0 Å². The van der Waals surface area contributed by atoms with Crippen LogP contribution in [-0.4, -0.2) is 64.8 Å². The van der Waals surface area contributed by atoms with Crippen LogP contribution in [0.4, 0.5) is 4.79 Å². The molecular formula is C18H24N4O3S. The van der Waals surface area contributed by atoms with Crippen LogP contribution < -0.4 is 10.6 Å². The Morgan fingerprint density at radius 2 is 2.27 bits per heavy atom. The standard InChI is InChI=1S/C18H24N4O3S/c1-12-18(2,11-25-17(24)21-9-8-19-3)26-16-14(15(23)22(12)16)10-13-6-4-5-7-20-13/h4-7,10,12,16,19H,8-9,11H2,1-3H3,(H,21,24)/b14-10-/t12-,16?,18-/m0/s1. The van der Waals surface area contributed by atoms with E-state index in [1.165, 1.54) is 0 Å². The van der Waals surface area contributed by atoms with E-state index in [1.54, 1.807) is 18.0 Å². The van der Waals surface area contributed by atoms with Gasteiger partial charge in [-0.05, 0) is 39.1 Å². The SMILES string of the molecule is CNCCNC(=O)OC[C@]1(C)SC2/C(=C\c3ccccn3)C(=O)N2[C@H]1C. The van der Waals surface area contributed by atoms with E-state index < -0.39 is 6.09 Å². The van der Waals surface area contributed by atoms with Crippen LogP contribution in [0.1, 0.15) is 19.5 Å². The molecule has 8 heteroatoms. The molecule has 2 saturated heterocycles. The summed E-state index contributed by atoms with van der Waals surface area (Å²) in [5, 5.41) is 5.64. The van der Waals surface area contributed by atoms with Gasteiger partial charge in [-0.15, -0.1) is 11.8 Å². The van der Waals surface area contributed by atoms with Gasteiger partial charge < -0.3 is 20.3 Å². The van der Waals surface area contributed by atoms with E-state index in [-0.39, 0.29) is 28.7 Å². The highest BCUT2D eigenvalue weighted by molar-refractivity contribution is 8.02. The number of ether oxygens (including phenoxy) is 1. The Labute approximate surface area is 157 Å². The Hall–Kier alpha value is -2.06. The molecule has 2 N–H and O–H groups in total. The Kier molecular flexibility index (Phi) is 5.52. The number of hydrogen-bond donors (Lipinski definition) is 2. The van der Waals surface area contributed by atoms with Gasteiger partial charge in [0.25, 0.3) is 5.91 Å². The number of fused-ring (bicyclic) bond motifs is 1. The average molecular weight is 376 g/mol. The number of nitrogens with one attached hydrogen (secondary N) is 2. The Balaban J connectivity index is 1.63. The van der Waals surface area contributed by atoms with Crippen molar-refractivity contribution in [2.75, 3.05) is 26.7 Å². The van der Waals surface area contributed by atoms with Gasteiger partial charge in [0.15, 0.2) is 0 Å². The highest BCUT2D eigenvalue weighted by Gasteiger charge is 2.59. The van der Waals surface area contributed by atoms with Crippen molar-refractivity contribution in [3.05, 3.63) is 35.7 Å². The molecule has 0 aliphatic carbocycles. The lowest BCUT2D eigenvalue weighted by Crippen LogP contribution is -2.55. The van der Waals surface area contributed by atoms with E-state index in [2.05, 4.69) is 15.6 Å². The minimum atomic E-state index is -0.431. The number of rotatable bonds is 6. The Bertz CT molecular complexity index is 712. The molecule has 3 heterocycles. The first kappa shape index (κ1) is 18.7. The zero-order valence-corrected chi connectivity index (χ0v) is 16.0. The van der Waals surface area contributed by atoms with Gasteiger partial charge in [0.1, 0.15) is 12.0 Å². The highest BCUT2D eigenvalue weighted by atomic mass is 32.2. The third-order valence-corrected chi connectivity index (χ3v) is 6.51. The monoisotopic (exact) mass is 376 g/mol. The van der Waals surface area contributed by atoms with E-state index in [4.69, 9.17) is 4.74 Å². The van der Waals surface area contributed by atoms with Gasteiger partial charge in [0.05, 0.1) is 16.0 Å². The van der Waals surface area contributed by atoms with E-state index in [9.17, 15) is 9.59 Å². The normalized spacial score (nSPS) is 28.7. The quantitative estimate of drug-likeness (QED) is 0.444. The largest absolute Gasteiger partial charge is 0.448 e. The first-order valence-corrected chi connectivity index (χ1v) is 9.52. The third kappa shape index (κ3) is 3.57. The Morgan fingerprint density at radius 1 is 1.46 bits per heavy atom. The third-order valence-electron chi connectivity index (χ3n) is 4.81. The van der Waals surface area contributed by atoms with Crippen LogP contribution in [0.2, 0.25) is 0 Å². The molecule has 2 aliphatic heterocycles. The smallest absolute Gasteiger partial charge is 0.407 e. The number of alkyl carbamates (subject to hydrolysis) is 1. The van der Waals surface area contributed by atoms with Crippen molar-refractivity contribution >= 4 is 29.8 Å². The molecule has 0 spiro atoms. The van der Waals surface area contributed by atoms with Crippen LogP contribution in [0.15, 0.2) is 30.0 Å². The number of thioether (sulfide) groups is 1. The summed E-state index contributed by atoms with van der Waals surface area (Å²) >= 11 is 1.66. The maximum absolute atomic E-state index is 12.5. The van der Waals surface area contributed by atoms with Crippen molar-refractivity contribution in [3.63, 3.8) is 0 Å². The molecule has 2 aliphatic rings. The van der Waals surface area contributed by atoms with Gasteiger partial charge in [-0.1, -0.05) is 6.07 Å². The predicted molar refractivity (Wildman–Crippen MR) is 102 cm³/mol. The summed E-state index contributed by atoms with van der Waals surface area (Å²) in [6.07, 6.45) is 3.13. The molecule has 140 valence electrons. The number of aromatic nitrogens is 1. The number of nitrogens with zero attached hydrogens (tertiary/aromatic N) is 2. The minimum Gasteiger partial charge on any atom is -0.448 e. The van der Waals surface area contributed by atoms with Crippen LogP contribution in [0.25, 0.3) is 6.08 Å². The summed E-state index contributed by atoms with van der Waals surface area (Å²) in [7, 11) is 1.82. The summed E-state index contributed by atoms with van der Waals surface area (Å²) in [5.41, 5.74) is 1.53. The van der Waals surface area contributed by atoms with Crippen molar-refractivity contribution in [2.45, 2.75) is 30.0 Å². The lowest BCUT2D eigenvalue weighted by atomic mass is 9.95. The number of hydrogen-bond acceptors (Lipinski definition) is 6. The highest BCUT2D eigenvalue weighted by Crippen LogP contribution is 2.53. The number of carbonyl (C=O) groups excluding carboxylic acids is 2. The minimum absolute atomic E-state index is 0.0135. The first-order chi connectivity index (χ1) is 12.5. The Morgan fingerprint density at radius 3 is 2.96 bits per heavy atom. The van der Waals surface area contributed by atoms with E-state index in [0.717, 1.165) is 11.3 Å². The first-order valence-electron chi connectivity index (χ1n) is 8.64. The second-order valence-corrected chi connectivity index (χ2v) is 8.25. The number of carbonyl (C=O) groups is 2. The molecule has 0 bridgehead atoms. The van der Waals surface area contributed by atoms with E-state index >= 15 is 0 Å². The van der Waals surface area contributed by atoms with Crippen LogP contribution in [0.5, 0.6) is 0 Å². The molecule has 1 aromatic rings. The molecule has 2 fully saturated rings. The maximum Gasteiger partial charge on any atom is 0.407 e. The summed E-state index contributed by atoms with van der Waals surface area (Å²) in [6.45, 7) is 5.49. The fourth-order valence-corrected chi connectivity index (χ4v) is 4.68. The zero-order chi connectivity index (χ0) is 18.7. The molecule has 1 aromatic heterocycles. The zero-order valence-electron chi connectivity index (χ0n) is 15.2. The van der Waals surface area contributed by atoms with Gasteiger partial charge >= 0.3 is 6.09 Å². The number of likely N-dealkylation sites (N-methyl/N-ethyl adjacent to an activating group) is 1. The second kappa shape index (κ2) is 7.67. The summed E-state index contributed by atoms with van der Waals surface area (Å²) in [4.78, 5) is 30.5. The lowest BCUT2D eigenvalue weighted by Gasteiger charge is -2.39. The molecule has 26 heavy (non-hydrogen) atoms. The van der Waals surface area contributed by atoms with Crippen molar-refractivity contribution in [1.82, 2.24) is 20.5 Å². The lowest BCUT2D eigenvalue weighted by molar-refractivity contribution is -0.135. The molecular weight excluding hydrogens is 352 g/mol. The van der Waals surface area contributed by atoms with Crippen molar-refractivity contribution in [1.29, 1.82) is 0 Å². The fourth-order valence-electron chi connectivity index (χ4n) is 3.05. The molecule has 2 amide bonds. The fraction of sp³-hybridized carbons (Fsp3) is 0.500. The van der Waals surface area contributed by atoms with Crippen molar-refractivity contribution in [2.24, 2.45) is 0 Å². The summed E-state index contributed by atoms with van der Waals surface area (Å²) in [5.74, 6) is 0.0304. The van der Waals surface area contributed by atoms with E-state index in [0.29, 0.717) is 13.1 Å². The number of β-lactam (4-membered cyclic amide) rings is 1. The summed E-state index contributed by atoms with van der Waals surface area (Å²) < 4.78 is 5.04. The van der Waals surface area contributed by atoms with Crippen LogP contribution >= 0.6 is 11.8 Å². The number of amides is 2. The molecule has 0 aromatic carbocycles. The molecule has 3 atom stereocenters. The van der Waals surface area contributed by atoms with Crippen LogP contribution in [-0.2, 0) is 9.53 Å². The van der Waals surface area contributed by atoms with Crippen LogP contribution in [0, 0.1) is 0 Å². The topological polar surface area (TPSA) is 83.6 Å². The average Bonchev–Trinajstić information content (AvgIpc) is 2.88.